The van der Waals surface area contributed by atoms with E-state index >= 15 is 0 Å². The van der Waals surface area contributed by atoms with Crippen molar-refractivity contribution in [3.8, 4) is 0 Å². The van der Waals surface area contributed by atoms with Gasteiger partial charge in [-0.3, -0.25) is 4.79 Å². The molecule has 0 spiro atoms. The molecular formula is C8H17NO4. The van der Waals surface area contributed by atoms with E-state index in [2.05, 4.69) is 4.74 Å². The fraction of sp³-hybridized carbons (Fsp3) is 0.750. The molecule has 78 valence electrons. The minimum atomic E-state index is -1.06. The Morgan fingerprint density at radius 1 is 1.38 bits per heavy atom. The van der Waals surface area contributed by atoms with Crippen LogP contribution in [0.1, 0.15) is 20.8 Å². The average Bonchev–Trinajstić information content (AvgIpc) is 2.07. The highest BCUT2D eigenvalue weighted by Crippen LogP contribution is 1.88. The van der Waals surface area contributed by atoms with Gasteiger partial charge in [-0.25, -0.2) is 4.79 Å². The summed E-state index contributed by atoms with van der Waals surface area (Å²) in [4.78, 5) is 21.8. The van der Waals surface area contributed by atoms with Crippen LogP contribution in [0.2, 0.25) is 0 Å². The third-order valence-electron chi connectivity index (χ3n) is 0.952. The van der Waals surface area contributed by atoms with Gasteiger partial charge in [0.1, 0.15) is 6.54 Å². The van der Waals surface area contributed by atoms with E-state index in [-0.39, 0.29) is 13.2 Å². The number of ether oxygens (including phenoxy) is 1. The highest BCUT2D eigenvalue weighted by molar-refractivity contribution is 5.76. The average molecular weight is 191 g/mol. The van der Waals surface area contributed by atoms with Crippen molar-refractivity contribution in [2.75, 3.05) is 20.2 Å². The van der Waals surface area contributed by atoms with Crippen molar-refractivity contribution in [1.29, 1.82) is 0 Å². The molecule has 0 atom stereocenters. The lowest BCUT2D eigenvalue weighted by molar-refractivity contribution is -0.137. The van der Waals surface area contributed by atoms with Crippen LogP contribution < -0.4 is 0 Å². The van der Waals surface area contributed by atoms with Crippen molar-refractivity contribution < 1.29 is 19.4 Å². The van der Waals surface area contributed by atoms with Gasteiger partial charge in [0.25, 0.3) is 0 Å². The summed E-state index contributed by atoms with van der Waals surface area (Å²) < 4.78 is 4.53. The first-order chi connectivity index (χ1) is 6.07. The largest absolute Gasteiger partial charge is 0.480 e. The van der Waals surface area contributed by atoms with Crippen LogP contribution in [0.15, 0.2) is 0 Å². The Morgan fingerprint density at radius 2 is 1.85 bits per heavy atom. The molecule has 0 heterocycles. The molecular weight excluding hydrogens is 174 g/mol. The summed E-state index contributed by atoms with van der Waals surface area (Å²) in [5, 5.41) is 8.25. The molecule has 0 aromatic carbocycles. The van der Waals surface area contributed by atoms with E-state index in [1.54, 1.807) is 6.92 Å². The fourth-order valence-electron chi connectivity index (χ4n) is 0.501. The summed E-state index contributed by atoms with van der Waals surface area (Å²) in [7, 11) is 1.37. The molecule has 0 radical (unpaired) electrons. The number of rotatable bonds is 3. The minimum Gasteiger partial charge on any atom is -0.480 e. The van der Waals surface area contributed by atoms with Gasteiger partial charge < -0.3 is 14.7 Å². The number of carboxylic acid groups (broad SMARTS) is 1. The minimum absolute atomic E-state index is 0.253. The molecule has 0 saturated heterocycles. The molecule has 0 aliphatic rings. The third-order valence-corrected chi connectivity index (χ3v) is 0.952. The summed E-state index contributed by atoms with van der Waals surface area (Å²) in [6.07, 6.45) is -0.616. The Labute approximate surface area is 78.3 Å². The lowest BCUT2D eigenvalue weighted by Gasteiger charge is -2.12. The zero-order chi connectivity index (χ0) is 10.9. The highest BCUT2D eigenvalue weighted by Gasteiger charge is 2.11. The first kappa shape index (κ1) is 14.3. The molecule has 0 aromatic rings. The van der Waals surface area contributed by atoms with Gasteiger partial charge in [-0.05, 0) is 6.92 Å². The van der Waals surface area contributed by atoms with E-state index in [0.29, 0.717) is 0 Å². The van der Waals surface area contributed by atoms with Crippen LogP contribution in [0.3, 0.4) is 0 Å². The van der Waals surface area contributed by atoms with Crippen molar-refractivity contribution in [3.05, 3.63) is 0 Å². The second-order valence-electron chi connectivity index (χ2n) is 1.95. The number of carboxylic acids is 1. The predicted octanol–water partition coefficient (Wildman–Crippen LogP) is 1.19. The Bertz CT molecular complexity index is 158. The highest BCUT2D eigenvalue weighted by atomic mass is 16.6. The van der Waals surface area contributed by atoms with E-state index in [4.69, 9.17) is 5.11 Å². The summed E-state index contributed by atoms with van der Waals surface area (Å²) in [6, 6.07) is 0. The standard InChI is InChI=1S/C6H11NO4.C2H6/c1-3-11-6(10)7(2)4-5(8)9;1-2/h3-4H2,1-2H3,(H,8,9);1-2H3. The number of carbonyl (C=O) groups is 2. The van der Waals surface area contributed by atoms with Crippen molar-refractivity contribution in [1.82, 2.24) is 4.90 Å². The second-order valence-corrected chi connectivity index (χ2v) is 1.95. The summed E-state index contributed by atoms with van der Waals surface area (Å²) in [5.74, 6) is -1.06. The van der Waals surface area contributed by atoms with Crippen LogP contribution in [0.5, 0.6) is 0 Å². The molecule has 0 bridgehead atoms. The predicted molar refractivity (Wildman–Crippen MR) is 48.6 cm³/mol. The molecule has 0 saturated carbocycles. The van der Waals surface area contributed by atoms with Crippen LogP contribution in [-0.4, -0.2) is 42.3 Å². The van der Waals surface area contributed by atoms with Crippen LogP contribution in [-0.2, 0) is 9.53 Å². The van der Waals surface area contributed by atoms with E-state index in [9.17, 15) is 9.59 Å². The second kappa shape index (κ2) is 8.83. The molecule has 1 N–H and O–H groups in total. The Hall–Kier alpha value is -1.26. The number of aliphatic carboxylic acids is 1. The molecule has 5 nitrogen and oxygen atoms in total. The number of hydrogen-bond donors (Lipinski definition) is 1. The Morgan fingerprint density at radius 3 is 2.15 bits per heavy atom. The topological polar surface area (TPSA) is 66.8 Å². The maximum atomic E-state index is 10.7. The number of carbonyl (C=O) groups excluding carboxylic acids is 1. The van der Waals surface area contributed by atoms with Crippen LogP contribution in [0.4, 0.5) is 4.79 Å². The van der Waals surface area contributed by atoms with Gasteiger partial charge in [-0.2, -0.15) is 0 Å². The van der Waals surface area contributed by atoms with E-state index in [0.717, 1.165) is 4.90 Å². The first-order valence-corrected chi connectivity index (χ1v) is 4.17. The van der Waals surface area contributed by atoms with Crippen LogP contribution >= 0.6 is 0 Å². The van der Waals surface area contributed by atoms with Gasteiger partial charge >= 0.3 is 12.1 Å². The molecule has 1 amide bonds. The van der Waals surface area contributed by atoms with Gasteiger partial charge in [0.2, 0.25) is 0 Å². The Kier molecular flexibility index (Phi) is 9.70. The molecule has 0 aromatic heterocycles. The number of nitrogens with zero attached hydrogens (tertiary/aromatic N) is 1. The monoisotopic (exact) mass is 191 g/mol. The third kappa shape index (κ3) is 8.65. The number of hydrogen-bond acceptors (Lipinski definition) is 3. The molecule has 0 aliphatic heterocycles. The molecule has 0 fully saturated rings. The maximum Gasteiger partial charge on any atom is 0.410 e. The van der Waals surface area contributed by atoms with Gasteiger partial charge in [0.15, 0.2) is 0 Å². The first-order valence-electron chi connectivity index (χ1n) is 4.17. The molecule has 0 unspecified atom stereocenters. The molecule has 13 heavy (non-hydrogen) atoms. The van der Waals surface area contributed by atoms with Crippen molar-refractivity contribution in [3.63, 3.8) is 0 Å². The number of likely N-dealkylation sites (N-methyl/N-ethyl adjacent to an activating group) is 1. The quantitative estimate of drug-likeness (QED) is 0.727. The molecule has 5 heteroatoms. The maximum absolute atomic E-state index is 10.7. The van der Waals surface area contributed by atoms with Crippen molar-refractivity contribution in [2.45, 2.75) is 20.8 Å². The smallest absolute Gasteiger partial charge is 0.410 e. The van der Waals surface area contributed by atoms with Crippen molar-refractivity contribution >= 4 is 12.1 Å². The normalized spacial score (nSPS) is 8.00. The number of amides is 1. The van der Waals surface area contributed by atoms with Gasteiger partial charge in [-0.1, -0.05) is 13.8 Å². The molecule has 0 aliphatic carbocycles. The SMILES string of the molecule is CC.CCOC(=O)N(C)CC(=O)O. The zero-order valence-electron chi connectivity index (χ0n) is 8.53. The van der Waals surface area contributed by atoms with E-state index < -0.39 is 12.1 Å². The van der Waals surface area contributed by atoms with Gasteiger partial charge in [-0.15, -0.1) is 0 Å². The lowest BCUT2D eigenvalue weighted by Crippen LogP contribution is -2.32. The summed E-state index contributed by atoms with van der Waals surface area (Å²) in [5.41, 5.74) is 0. The van der Waals surface area contributed by atoms with Crippen LogP contribution in [0, 0.1) is 0 Å². The Balaban J connectivity index is 0. The van der Waals surface area contributed by atoms with Crippen LogP contribution in [0.25, 0.3) is 0 Å². The lowest BCUT2D eigenvalue weighted by atomic mass is 10.6. The summed E-state index contributed by atoms with van der Waals surface area (Å²) >= 11 is 0. The van der Waals surface area contributed by atoms with E-state index in [1.807, 2.05) is 13.8 Å². The molecule has 0 rings (SSSR count). The fourth-order valence-corrected chi connectivity index (χ4v) is 0.501. The van der Waals surface area contributed by atoms with Gasteiger partial charge in [0, 0.05) is 7.05 Å². The van der Waals surface area contributed by atoms with Gasteiger partial charge in [0.05, 0.1) is 6.61 Å². The zero-order valence-corrected chi connectivity index (χ0v) is 8.53. The van der Waals surface area contributed by atoms with Crippen molar-refractivity contribution in [2.24, 2.45) is 0 Å². The van der Waals surface area contributed by atoms with E-state index in [1.165, 1.54) is 7.05 Å². The summed E-state index contributed by atoms with van der Waals surface area (Å²) in [6.45, 7) is 5.58.